The lowest BCUT2D eigenvalue weighted by Crippen LogP contribution is -2.36. The van der Waals surface area contributed by atoms with Crippen molar-refractivity contribution in [1.29, 1.82) is 0 Å². The minimum Gasteiger partial charge on any atom is -0.464 e. The molecule has 0 saturated carbocycles. The quantitative estimate of drug-likeness (QED) is 0.128. The number of hydrogen-bond donors (Lipinski definition) is 1. The second-order valence-electron chi connectivity index (χ2n) is 8.54. The average molecular weight is 608 g/mol. The van der Waals surface area contributed by atoms with E-state index in [-0.39, 0.29) is 32.5 Å². The summed E-state index contributed by atoms with van der Waals surface area (Å²) in [6, 6.07) is 10.7. The van der Waals surface area contributed by atoms with E-state index in [9.17, 15) is 13.2 Å². The van der Waals surface area contributed by atoms with Gasteiger partial charge in [0.1, 0.15) is 12.1 Å². The minimum atomic E-state index is -4.26. The van der Waals surface area contributed by atoms with E-state index in [2.05, 4.69) is 19.9 Å². The Morgan fingerprint density at radius 3 is 2.59 bits per heavy atom. The number of nitrogens with zero attached hydrogens (tertiary/aromatic N) is 5. The van der Waals surface area contributed by atoms with E-state index in [0.717, 1.165) is 10.7 Å². The number of carbonyl (C=O) groups is 1. The Bertz CT molecular complexity index is 1780. The van der Waals surface area contributed by atoms with E-state index in [4.69, 9.17) is 39.5 Å². The highest BCUT2D eigenvalue weighted by Gasteiger charge is 2.29. The number of fused-ring (bicyclic) bond motifs is 2. The number of carbonyl (C=O) groups excluding carboxylic acids is 1. The molecule has 3 aromatic heterocycles. The van der Waals surface area contributed by atoms with Gasteiger partial charge in [0.25, 0.3) is 10.0 Å². The van der Waals surface area contributed by atoms with Crippen molar-refractivity contribution in [2.75, 3.05) is 17.5 Å². The third-order valence-electron chi connectivity index (χ3n) is 5.89. The molecule has 3 heterocycles. The van der Waals surface area contributed by atoms with Gasteiger partial charge in [-0.1, -0.05) is 36.5 Å². The molecule has 0 atom stereocenters. The zero-order valence-corrected chi connectivity index (χ0v) is 23.5. The zero-order chi connectivity index (χ0) is 27.7. The topological polar surface area (TPSA) is 123 Å². The molecule has 0 aliphatic rings. The Morgan fingerprint density at radius 2 is 1.85 bits per heavy atom. The molecule has 10 nitrogen and oxygen atoms in total. The van der Waals surface area contributed by atoms with Gasteiger partial charge in [-0.05, 0) is 60.5 Å². The van der Waals surface area contributed by atoms with Gasteiger partial charge in [-0.2, -0.15) is 9.97 Å². The third-order valence-corrected chi connectivity index (χ3v) is 8.24. The number of ether oxygens (including phenoxy) is 1. The molecular formula is C25H21Cl3N6O4S. The number of imidazole rings is 1. The van der Waals surface area contributed by atoms with Crippen LogP contribution in [0.4, 0.5) is 5.69 Å². The number of aromatic amines is 1. The second-order valence-corrected chi connectivity index (χ2v) is 11.6. The van der Waals surface area contributed by atoms with Crippen LogP contribution in [0.3, 0.4) is 0 Å². The van der Waals surface area contributed by atoms with Crippen LogP contribution in [0.2, 0.25) is 15.3 Å². The predicted molar refractivity (Wildman–Crippen MR) is 150 cm³/mol. The SMILES string of the molecule is CCCCOC(=O)CN(c1ccc2c(ccn2-c2nc(Cl)nc3nc[nH]c23)c1)S(=O)(=O)c1cc(Cl)cc(Cl)c1. The highest BCUT2D eigenvalue weighted by atomic mass is 35.5. The number of halogens is 3. The van der Waals surface area contributed by atoms with E-state index >= 15 is 0 Å². The fraction of sp³-hybridized carbons (Fsp3) is 0.200. The van der Waals surface area contributed by atoms with Crippen molar-refractivity contribution in [3.05, 3.63) is 70.3 Å². The number of nitrogens with one attached hydrogen (secondary N) is 1. The smallest absolute Gasteiger partial charge is 0.326 e. The number of anilines is 1. The Balaban J connectivity index is 1.58. The maximum atomic E-state index is 13.8. The molecule has 0 fully saturated rings. The monoisotopic (exact) mass is 606 g/mol. The van der Waals surface area contributed by atoms with Gasteiger partial charge < -0.3 is 9.72 Å². The lowest BCUT2D eigenvalue weighted by Gasteiger charge is -2.24. The molecular weight excluding hydrogens is 587 g/mol. The lowest BCUT2D eigenvalue weighted by atomic mass is 10.2. The van der Waals surface area contributed by atoms with Crippen molar-refractivity contribution >= 4 is 78.5 Å². The predicted octanol–water partition coefficient (Wildman–Crippen LogP) is 5.80. The van der Waals surface area contributed by atoms with Crippen molar-refractivity contribution in [1.82, 2.24) is 24.5 Å². The van der Waals surface area contributed by atoms with E-state index in [1.165, 1.54) is 24.5 Å². The van der Waals surface area contributed by atoms with E-state index in [1.54, 1.807) is 35.0 Å². The van der Waals surface area contributed by atoms with Crippen molar-refractivity contribution in [2.45, 2.75) is 24.7 Å². The molecule has 39 heavy (non-hydrogen) atoms. The number of aromatic nitrogens is 5. The van der Waals surface area contributed by atoms with Crippen molar-refractivity contribution < 1.29 is 17.9 Å². The van der Waals surface area contributed by atoms with Crippen LogP contribution in [0.15, 0.2) is 59.9 Å². The number of H-pyrrole nitrogens is 1. The summed E-state index contributed by atoms with van der Waals surface area (Å²) in [7, 11) is -4.26. The number of benzene rings is 2. The highest BCUT2D eigenvalue weighted by Crippen LogP contribution is 2.32. The van der Waals surface area contributed by atoms with Crippen LogP contribution in [0.5, 0.6) is 0 Å². The van der Waals surface area contributed by atoms with Crippen molar-refractivity contribution in [2.24, 2.45) is 0 Å². The van der Waals surface area contributed by atoms with Gasteiger partial charge in [-0.15, -0.1) is 0 Å². The van der Waals surface area contributed by atoms with Crippen molar-refractivity contribution in [3.63, 3.8) is 0 Å². The molecule has 202 valence electrons. The molecule has 1 N–H and O–H groups in total. The van der Waals surface area contributed by atoms with Gasteiger partial charge in [-0.3, -0.25) is 13.7 Å². The van der Waals surface area contributed by atoms with Crippen LogP contribution in [0.25, 0.3) is 27.9 Å². The summed E-state index contributed by atoms with van der Waals surface area (Å²) >= 11 is 18.3. The number of hydrogen-bond acceptors (Lipinski definition) is 7. The zero-order valence-electron chi connectivity index (χ0n) is 20.4. The van der Waals surface area contributed by atoms with Gasteiger partial charge in [0, 0.05) is 21.6 Å². The van der Waals surface area contributed by atoms with Gasteiger partial charge in [0.2, 0.25) is 5.28 Å². The fourth-order valence-electron chi connectivity index (χ4n) is 4.05. The number of esters is 1. The molecule has 0 aliphatic heterocycles. The van der Waals surface area contributed by atoms with Gasteiger partial charge >= 0.3 is 5.97 Å². The van der Waals surface area contributed by atoms with Crippen LogP contribution in [-0.4, -0.2) is 52.0 Å². The summed E-state index contributed by atoms with van der Waals surface area (Å²) < 4.78 is 35.6. The Kier molecular flexibility index (Phi) is 7.68. The molecule has 0 amide bonds. The van der Waals surface area contributed by atoms with Crippen molar-refractivity contribution in [3.8, 4) is 5.82 Å². The van der Waals surface area contributed by atoms with E-state index < -0.39 is 22.5 Å². The fourth-order valence-corrected chi connectivity index (χ4v) is 6.34. The lowest BCUT2D eigenvalue weighted by molar-refractivity contribution is -0.141. The molecule has 0 saturated heterocycles. The summed E-state index contributed by atoms with van der Waals surface area (Å²) in [6.07, 6.45) is 4.75. The van der Waals surface area contributed by atoms with Crippen LogP contribution < -0.4 is 4.31 Å². The van der Waals surface area contributed by atoms with Gasteiger partial charge in [0.05, 0.1) is 29.0 Å². The largest absolute Gasteiger partial charge is 0.464 e. The molecule has 5 rings (SSSR count). The van der Waals surface area contributed by atoms with E-state index in [1.807, 2.05) is 6.92 Å². The maximum Gasteiger partial charge on any atom is 0.326 e. The number of unbranched alkanes of at least 4 members (excludes halogenated alkanes) is 1. The van der Waals surface area contributed by atoms with Crippen LogP contribution >= 0.6 is 34.8 Å². The Morgan fingerprint density at radius 1 is 1.08 bits per heavy atom. The molecule has 0 aliphatic carbocycles. The van der Waals surface area contributed by atoms with Crippen LogP contribution in [0.1, 0.15) is 19.8 Å². The van der Waals surface area contributed by atoms with Gasteiger partial charge in [0.15, 0.2) is 11.5 Å². The Labute approximate surface area is 238 Å². The summed E-state index contributed by atoms with van der Waals surface area (Å²) in [4.78, 5) is 28.1. The molecule has 14 heteroatoms. The standard InChI is InChI=1S/C25H21Cl3N6O4S/c1-2-3-8-38-21(35)13-34(39(36,37)19-11-16(26)10-17(27)12-19)18-4-5-20-15(9-18)6-7-33(20)24-22-23(30-14-29-22)31-25(28)32-24/h4-7,9-12,14H,2-3,8,13H2,1H3,(H,29,30,31,32). The first-order chi connectivity index (χ1) is 18.7. The first-order valence-corrected chi connectivity index (χ1v) is 14.4. The van der Waals surface area contributed by atoms with Gasteiger partial charge in [-0.25, -0.2) is 13.4 Å². The highest BCUT2D eigenvalue weighted by molar-refractivity contribution is 7.92. The minimum absolute atomic E-state index is 0.0297. The summed E-state index contributed by atoms with van der Waals surface area (Å²) in [5.74, 6) is -0.210. The number of rotatable bonds is 9. The molecule has 5 aromatic rings. The normalized spacial score (nSPS) is 11.8. The van der Waals surface area contributed by atoms with Crippen LogP contribution in [-0.2, 0) is 19.6 Å². The molecule has 2 aromatic carbocycles. The number of sulfonamides is 1. The van der Waals surface area contributed by atoms with Crippen LogP contribution in [0, 0.1) is 0 Å². The molecule has 0 unspecified atom stereocenters. The first kappa shape index (κ1) is 27.2. The molecule has 0 radical (unpaired) electrons. The second kappa shape index (κ2) is 11.0. The molecule has 0 spiro atoms. The summed E-state index contributed by atoms with van der Waals surface area (Å²) in [6.45, 7) is 1.61. The first-order valence-electron chi connectivity index (χ1n) is 11.8. The Hall–Kier alpha value is -3.38. The maximum absolute atomic E-state index is 13.8. The molecule has 0 bridgehead atoms. The third kappa shape index (κ3) is 5.53. The summed E-state index contributed by atoms with van der Waals surface area (Å²) in [5, 5.41) is 1.00. The van der Waals surface area contributed by atoms with E-state index in [0.29, 0.717) is 34.3 Å². The average Bonchev–Trinajstić information content (AvgIpc) is 3.53. The summed E-state index contributed by atoms with van der Waals surface area (Å²) in [5.41, 5.74) is 1.94.